The number of hydrogen-bond donors (Lipinski definition) is 3. The van der Waals surface area contributed by atoms with Crippen LogP contribution < -0.4 is 15.5 Å². The zero-order chi connectivity index (χ0) is 20.1. The molecule has 8 heteroatoms. The molecule has 1 amide bonds. The second-order valence-corrected chi connectivity index (χ2v) is 7.22. The van der Waals surface area contributed by atoms with E-state index in [0.717, 1.165) is 44.7 Å². The molecule has 146 valence electrons. The van der Waals surface area contributed by atoms with Crippen LogP contribution in [-0.4, -0.2) is 28.2 Å². The molecule has 0 bridgehead atoms. The number of hydroxylamine groups is 1. The summed E-state index contributed by atoms with van der Waals surface area (Å²) in [6.07, 6.45) is 0.922. The van der Waals surface area contributed by atoms with Crippen LogP contribution in [0.15, 0.2) is 36.4 Å². The van der Waals surface area contributed by atoms with Gasteiger partial charge in [0, 0.05) is 16.9 Å². The summed E-state index contributed by atoms with van der Waals surface area (Å²) in [5.41, 5.74) is 5.28. The maximum absolute atomic E-state index is 11.3. The molecule has 3 N–H and O–H groups in total. The molecule has 0 spiro atoms. The molecule has 0 fully saturated rings. The molecule has 0 aliphatic rings. The average molecular weight is 398 g/mol. The summed E-state index contributed by atoms with van der Waals surface area (Å²) in [7, 11) is 1.64. The summed E-state index contributed by atoms with van der Waals surface area (Å²) in [6, 6.07) is 11.3. The number of aromatic nitrogens is 2. The summed E-state index contributed by atoms with van der Waals surface area (Å²) in [4.78, 5) is 21.6. The van der Waals surface area contributed by atoms with E-state index in [2.05, 4.69) is 17.2 Å². The molecule has 3 aromatic rings. The van der Waals surface area contributed by atoms with Crippen molar-refractivity contribution in [2.45, 2.75) is 26.7 Å². The van der Waals surface area contributed by atoms with E-state index in [1.807, 2.05) is 43.3 Å². The third-order valence-corrected chi connectivity index (χ3v) is 5.32. The lowest BCUT2D eigenvalue weighted by Gasteiger charge is -2.14. The Balaban J connectivity index is 1.88. The zero-order valence-electron chi connectivity index (χ0n) is 15.9. The van der Waals surface area contributed by atoms with Gasteiger partial charge in [-0.15, -0.1) is 0 Å². The second kappa shape index (κ2) is 8.81. The molecule has 1 aromatic carbocycles. The summed E-state index contributed by atoms with van der Waals surface area (Å²) < 4.78 is 5.27. The monoisotopic (exact) mass is 398 g/mol. The third kappa shape index (κ3) is 4.47. The normalized spacial score (nSPS) is 10.6. The first-order chi connectivity index (χ1) is 13.5. The first kappa shape index (κ1) is 19.8. The van der Waals surface area contributed by atoms with E-state index in [-0.39, 0.29) is 6.42 Å². The molecule has 7 nitrogen and oxygen atoms in total. The van der Waals surface area contributed by atoms with Gasteiger partial charge in [-0.25, -0.2) is 15.4 Å². The predicted molar refractivity (Wildman–Crippen MR) is 109 cm³/mol. The van der Waals surface area contributed by atoms with Crippen molar-refractivity contribution in [1.82, 2.24) is 15.4 Å². The standard InChI is InChI=1S/C20H22N4O3S/c1-4-15-12(2)21-20(16-9-10-18(27-3)28-16)23-19(15)22-14-7-5-13(6-8-14)11-17(25)24-26/h5-10,26H,4,11H2,1-3H3,(H,24,25)(H,21,22,23). The Morgan fingerprint density at radius 2 is 1.93 bits per heavy atom. The summed E-state index contributed by atoms with van der Waals surface area (Å²) in [6.45, 7) is 4.05. The number of anilines is 2. The highest BCUT2D eigenvalue weighted by molar-refractivity contribution is 7.17. The Morgan fingerprint density at radius 3 is 2.54 bits per heavy atom. The fourth-order valence-electron chi connectivity index (χ4n) is 2.85. The molecule has 3 rings (SSSR count). The van der Waals surface area contributed by atoms with Gasteiger partial charge in [-0.2, -0.15) is 0 Å². The maximum atomic E-state index is 11.3. The van der Waals surface area contributed by atoms with Crippen LogP contribution in [0.3, 0.4) is 0 Å². The number of nitrogens with one attached hydrogen (secondary N) is 2. The highest BCUT2D eigenvalue weighted by Crippen LogP contribution is 2.33. The van der Waals surface area contributed by atoms with E-state index in [4.69, 9.17) is 14.9 Å². The Hall–Kier alpha value is -2.97. The van der Waals surface area contributed by atoms with Gasteiger partial charge in [0.15, 0.2) is 10.9 Å². The summed E-state index contributed by atoms with van der Waals surface area (Å²) in [5, 5.41) is 12.8. The van der Waals surface area contributed by atoms with Crippen molar-refractivity contribution in [3.8, 4) is 15.8 Å². The number of aryl methyl sites for hydroxylation is 1. The summed E-state index contributed by atoms with van der Waals surface area (Å²) in [5.74, 6) is 0.969. The second-order valence-electron chi connectivity index (χ2n) is 6.17. The molecular formula is C20H22N4O3S. The fraction of sp³-hybridized carbons (Fsp3) is 0.250. The van der Waals surface area contributed by atoms with Gasteiger partial charge in [0.2, 0.25) is 5.91 Å². The highest BCUT2D eigenvalue weighted by Gasteiger charge is 2.14. The molecule has 0 aliphatic carbocycles. The number of rotatable bonds is 7. The van der Waals surface area contributed by atoms with Crippen LogP contribution in [0.5, 0.6) is 5.06 Å². The molecule has 0 unspecified atom stereocenters. The van der Waals surface area contributed by atoms with Gasteiger partial charge in [-0.3, -0.25) is 10.0 Å². The van der Waals surface area contributed by atoms with Crippen molar-refractivity contribution in [2.75, 3.05) is 12.4 Å². The molecular weight excluding hydrogens is 376 g/mol. The Bertz CT molecular complexity index is 970. The van der Waals surface area contributed by atoms with Crippen molar-refractivity contribution in [3.05, 3.63) is 53.2 Å². The van der Waals surface area contributed by atoms with Gasteiger partial charge in [-0.1, -0.05) is 30.4 Å². The van der Waals surface area contributed by atoms with Crippen LogP contribution in [0.2, 0.25) is 0 Å². The minimum absolute atomic E-state index is 0.119. The van der Waals surface area contributed by atoms with Crippen molar-refractivity contribution < 1.29 is 14.7 Å². The molecule has 0 saturated carbocycles. The van der Waals surface area contributed by atoms with Crippen LogP contribution in [0.25, 0.3) is 10.7 Å². The largest absolute Gasteiger partial charge is 0.487 e. The number of thiophene rings is 1. The lowest BCUT2D eigenvalue weighted by Crippen LogP contribution is -2.20. The Morgan fingerprint density at radius 1 is 1.18 bits per heavy atom. The van der Waals surface area contributed by atoms with Crippen LogP contribution in [-0.2, 0) is 17.6 Å². The number of methoxy groups -OCH3 is 1. The van der Waals surface area contributed by atoms with Crippen molar-refractivity contribution in [2.24, 2.45) is 0 Å². The van der Waals surface area contributed by atoms with Crippen molar-refractivity contribution >= 4 is 28.7 Å². The van der Waals surface area contributed by atoms with E-state index in [1.165, 1.54) is 11.3 Å². The van der Waals surface area contributed by atoms with Gasteiger partial charge >= 0.3 is 0 Å². The summed E-state index contributed by atoms with van der Waals surface area (Å²) >= 11 is 1.50. The first-order valence-electron chi connectivity index (χ1n) is 8.84. The van der Waals surface area contributed by atoms with Gasteiger partial charge in [0.25, 0.3) is 0 Å². The number of benzene rings is 1. The number of amides is 1. The van der Waals surface area contributed by atoms with Gasteiger partial charge in [0.05, 0.1) is 18.4 Å². The van der Waals surface area contributed by atoms with Crippen molar-refractivity contribution in [1.29, 1.82) is 0 Å². The third-order valence-electron chi connectivity index (χ3n) is 4.28. The topological polar surface area (TPSA) is 96.4 Å². The number of nitrogens with zero attached hydrogens (tertiary/aromatic N) is 2. The van der Waals surface area contributed by atoms with E-state index in [1.54, 1.807) is 12.6 Å². The van der Waals surface area contributed by atoms with Crippen LogP contribution in [0.4, 0.5) is 11.5 Å². The number of ether oxygens (including phenoxy) is 1. The predicted octanol–water partition coefficient (Wildman–Crippen LogP) is 3.88. The minimum atomic E-state index is -0.448. The maximum Gasteiger partial charge on any atom is 0.247 e. The van der Waals surface area contributed by atoms with Gasteiger partial charge in [0.1, 0.15) is 5.82 Å². The average Bonchev–Trinajstić information content (AvgIpc) is 3.18. The lowest BCUT2D eigenvalue weighted by atomic mass is 10.1. The van der Waals surface area contributed by atoms with Crippen LogP contribution in [0.1, 0.15) is 23.7 Å². The minimum Gasteiger partial charge on any atom is -0.487 e. The van der Waals surface area contributed by atoms with Gasteiger partial charge in [-0.05, 0) is 43.2 Å². The highest BCUT2D eigenvalue weighted by atomic mass is 32.1. The van der Waals surface area contributed by atoms with Gasteiger partial charge < -0.3 is 10.1 Å². The zero-order valence-corrected chi connectivity index (χ0v) is 16.8. The smallest absolute Gasteiger partial charge is 0.247 e. The Kier molecular flexibility index (Phi) is 6.23. The van der Waals surface area contributed by atoms with E-state index < -0.39 is 5.91 Å². The molecule has 0 aliphatic heterocycles. The Labute approximate surface area is 167 Å². The lowest BCUT2D eigenvalue weighted by molar-refractivity contribution is -0.128. The molecule has 2 aromatic heterocycles. The molecule has 28 heavy (non-hydrogen) atoms. The van der Waals surface area contributed by atoms with E-state index in [0.29, 0.717) is 5.82 Å². The quantitative estimate of drug-likeness (QED) is 0.413. The van der Waals surface area contributed by atoms with E-state index >= 15 is 0 Å². The van der Waals surface area contributed by atoms with E-state index in [9.17, 15) is 4.79 Å². The van der Waals surface area contributed by atoms with Crippen molar-refractivity contribution in [3.63, 3.8) is 0 Å². The molecule has 0 atom stereocenters. The number of carbonyl (C=O) groups is 1. The molecule has 0 radical (unpaired) electrons. The first-order valence-corrected chi connectivity index (χ1v) is 9.66. The number of carbonyl (C=O) groups excluding carboxylic acids is 1. The number of hydrogen-bond acceptors (Lipinski definition) is 7. The fourth-order valence-corrected chi connectivity index (χ4v) is 3.61. The molecule has 0 saturated heterocycles. The molecule has 2 heterocycles. The van der Waals surface area contributed by atoms with Crippen LogP contribution in [0, 0.1) is 6.92 Å². The SMILES string of the molecule is CCc1c(C)nc(-c2ccc(OC)s2)nc1Nc1ccc(CC(=O)NO)cc1. The van der Waals surface area contributed by atoms with Crippen LogP contribution >= 0.6 is 11.3 Å².